The molecule has 2 aromatic rings. The van der Waals surface area contributed by atoms with E-state index >= 15 is 0 Å². The lowest BCUT2D eigenvalue weighted by molar-refractivity contribution is 0.415. The Balaban J connectivity index is 0.000000461. The molecular formula is C12H17NO. The lowest BCUT2D eigenvalue weighted by Gasteiger charge is -1.97. The molecule has 0 bridgehead atoms. The van der Waals surface area contributed by atoms with Crippen molar-refractivity contribution in [1.29, 1.82) is 0 Å². The molecule has 0 amide bonds. The van der Waals surface area contributed by atoms with Crippen molar-refractivity contribution < 1.29 is 4.74 Å². The highest BCUT2D eigenvalue weighted by atomic mass is 16.5. The van der Waals surface area contributed by atoms with Gasteiger partial charge in [0, 0.05) is 16.6 Å². The Labute approximate surface area is 84.9 Å². The number of hydrogen-bond acceptors (Lipinski definition) is 1. The smallest absolute Gasteiger partial charge is 0.119 e. The van der Waals surface area contributed by atoms with Crippen LogP contribution in [0.1, 0.15) is 19.5 Å². The first-order valence-corrected chi connectivity index (χ1v) is 4.93. The van der Waals surface area contributed by atoms with Crippen molar-refractivity contribution in [3.63, 3.8) is 0 Å². The Hall–Kier alpha value is -1.44. The van der Waals surface area contributed by atoms with Gasteiger partial charge in [0.1, 0.15) is 5.75 Å². The highest BCUT2D eigenvalue weighted by Gasteiger charge is 1.97. The number of hydrogen-bond donors (Lipinski definition) is 1. The fraction of sp³-hybridized carbons (Fsp3) is 0.333. The number of H-pyrrole nitrogens is 1. The summed E-state index contributed by atoms with van der Waals surface area (Å²) >= 11 is 0. The topological polar surface area (TPSA) is 25.0 Å². The number of fused-ring (bicyclic) bond motifs is 1. The van der Waals surface area contributed by atoms with Gasteiger partial charge in [-0.1, -0.05) is 13.8 Å². The van der Waals surface area contributed by atoms with E-state index in [0.717, 1.165) is 11.3 Å². The molecule has 1 aromatic carbocycles. The van der Waals surface area contributed by atoms with E-state index in [1.807, 2.05) is 39.0 Å². The first-order valence-electron chi connectivity index (χ1n) is 4.93. The maximum absolute atomic E-state index is 5.12. The lowest BCUT2D eigenvalue weighted by Crippen LogP contribution is -1.80. The molecular weight excluding hydrogens is 174 g/mol. The van der Waals surface area contributed by atoms with Gasteiger partial charge in [-0.25, -0.2) is 0 Å². The maximum Gasteiger partial charge on any atom is 0.119 e. The number of aromatic nitrogens is 1. The molecule has 2 rings (SSSR count). The van der Waals surface area contributed by atoms with Gasteiger partial charge in [-0.15, -0.1) is 0 Å². The van der Waals surface area contributed by atoms with Crippen LogP contribution in [0.3, 0.4) is 0 Å². The van der Waals surface area contributed by atoms with Crippen LogP contribution in [0.2, 0.25) is 0 Å². The molecule has 2 heteroatoms. The Morgan fingerprint density at radius 3 is 2.50 bits per heavy atom. The van der Waals surface area contributed by atoms with Crippen molar-refractivity contribution in [2.24, 2.45) is 0 Å². The average molecular weight is 191 g/mol. The first-order chi connectivity index (χ1) is 6.79. The van der Waals surface area contributed by atoms with Gasteiger partial charge in [0.25, 0.3) is 0 Å². The zero-order valence-electron chi connectivity index (χ0n) is 9.22. The molecule has 0 unspecified atom stereocenters. The molecule has 76 valence electrons. The quantitative estimate of drug-likeness (QED) is 0.733. The van der Waals surface area contributed by atoms with Crippen molar-refractivity contribution in [1.82, 2.24) is 4.98 Å². The first kappa shape index (κ1) is 10.6. The summed E-state index contributed by atoms with van der Waals surface area (Å²) < 4.78 is 5.12. The van der Waals surface area contributed by atoms with Crippen molar-refractivity contribution in [2.75, 3.05) is 7.11 Å². The van der Waals surface area contributed by atoms with Crippen LogP contribution >= 0.6 is 0 Å². The number of methoxy groups -OCH3 is 1. The van der Waals surface area contributed by atoms with Gasteiger partial charge in [-0.05, 0) is 31.2 Å². The van der Waals surface area contributed by atoms with Crippen LogP contribution in [0.5, 0.6) is 5.75 Å². The van der Waals surface area contributed by atoms with E-state index < -0.39 is 0 Å². The van der Waals surface area contributed by atoms with E-state index in [4.69, 9.17) is 4.74 Å². The van der Waals surface area contributed by atoms with Gasteiger partial charge >= 0.3 is 0 Å². The molecule has 0 aliphatic rings. The molecule has 2 nitrogen and oxygen atoms in total. The lowest BCUT2D eigenvalue weighted by atomic mass is 10.2. The van der Waals surface area contributed by atoms with Crippen LogP contribution in [-0.2, 0) is 0 Å². The molecule has 14 heavy (non-hydrogen) atoms. The van der Waals surface area contributed by atoms with E-state index in [2.05, 4.69) is 11.1 Å². The van der Waals surface area contributed by atoms with Crippen LogP contribution in [0.25, 0.3) is 10.9 Å². The summed E-state index contributed by atoms with van der Waals surface area (Å²) in [5.74, 6) is 0.904. The zero-order chi connectivity index (χ0) is 10.6. The van der Waals surface area contributed by atoms with E-state index in [-0.39, 0.29) is 0 Å². The number of aryl methyl sites for hydroxylation is 1. The summed E-state index contributed by atoms with van der Waals surface area (Å²) in [4.78, 5) is 3.25. The predicted octanol–water partition coefficient (Wildman–Crippen LogP) is 3.51. The maximum atomic E-state index is 5.12. The third-order valence-corrected chi connectivity index (χ3v) is 1.96. The van der Waals surface area contributed by atoms with Gasteiger partial charge in [0.15, 0.2) is 0 Å². The molecule has 0 aliphatic heterocycles. The molecule has 0 fully saturated rings. The molecule has 0 saturated carbocycles. The fourth-order valence-corrected chi connectivity index (χ4v) is 1.38. The van der Waals surface area contributed by atoms with Crippen LogP contribution in [0, 0.1) is 6.92 Å². The van der Waals surface area contributed by atoms with Crippen molar-refractivity contribution in [3.05, 3.63) is 30.0 Å². The summed E-state index contributed by atoms with van der Waals surface area (Å²) in [7, 11) is 1.68. The second kappa shape index (κ2) is 4.70. The van der Waals surface area contributed by atoms with Crippen molar-refractivity contribution in [3.8, 4) is 5.75 Å². The van der Waals surface area contributed by atoms with E-state index in [0.29, 0.717) is 0 Å². The third-order valence-electron chi connectivity index (χ3n) is 1.96. The summed E-state index contributed by atoms with van der Waals surface area (Å²) in [6, 6.07) is 8.12. The summed E-state index contributed by atoms with van der Waals surface area (Å²) in [6.07, 6.45) is 0. The van der Waals surface area contributed by atoms with E-state index in [1.54, 1.807) is 7.11 Å². The minimum Gasteiger partial charge on any atom is -0.497 e. The summed E-state index contributed by atoms with van der Waals surface area (Å²) in [6.45, 7) is 6.05. The van der Waals surface area contributed by atoms with Gasteiger partial charge in [-0.3, -0.25) is 0 Å². The standard InChI is InChI=1S/C10H11NO.C2H6/c1-7-5-8-6-9(12-2)3-4-10(8)11-7;1-2/h3-6,11H,1-2H3;1-2H3. The Kier molecular flexibility index (Phi) is 3.57. The highest BCUT2D eigenvalue weighted by Crippen LogP contribution is 2.20. The van der Waals surface area contributed by atoms with Gasteiger partial charge < -0.3 is 9.72 Å². The number of ether oxygens (including phenoxy) is 1. The van der Waals surface area contributed by atoms with Gasteiger partial charge in [0.05, 0.1) is 7.11 Å². The fourth-order valence-electron chi connectivity index (χ4n) is 1.38. The second-order valence-electron chi connectivity index (χ2n) is 2.91. The van der Waals surface area contributed by atoms with E-state index in [1.165, 1.54) is 11.1 Å². The van der Waals surface area contributed by atoms with Crippen LogP contribution in [-0.4, -0.2) is 12.1 Å². The average Bonchev–Trinajstić information content (AvgIpc) is 2.59. The largest absolute Gasteiger partial charge is 0.497 e. The van der Waals surface area contributed by atoms with Crippen LogP contribution in [0.4, 0.5) is 0 Å². The minimum atomic E-state index is 0.904. The molecule has 0 aliphatic carbocycles. The molecule has 1 heterocycles. The Bertz CT molecular complexity index is 404. The van der Waals surface area contributed by atoms with Crippen LogP contribution in [0.15, 0.2) is 24.3 Å². The van der Waals surface area contributed by atoms with Crippen molar-refractivity contribution in [2.45, 2.75) is 20.8 Å². The molecule has 1 N–H and O–H groups in total. The number of benzene rings is 1. The highest BCUT2D eigenvalue weighted by molar-refractivity contribution is 5.81. The van der Waals surface area contributed by atoms with E-state index in [9.17, 15) is 0 Å². The molecule has 0 spiro atoms. The molecule has 0 saturated heterocycles. The predicted molar refractivity (Wildman–Crippen MR) is 60.9 cm³/mol. The van der Waals surface area contributed by atoms with Crippen LogP contribution < -0.4 is 4.74 Å². The molecule has 0 radical (unpaired) electrons. The Morgan fingerprint density at radius 2 is 1.86 bits per heavy atom. The monoisotopic (exact) mass is 191 g/mol. The van der Waals surface area contributed by atoms with Gasteiger partial charge in [-0.2, -0.15) is 0 Å². The molecule has 0 atom stereocenters. The number of rotatable bonds is 1. The second-order valence-corrected chi connectivity index (χ2v) is 2.91. The number of aromatic amines is 1. The third kappa shape index (κ3) is 2.08. The molecule has 1 aromatic heterocycles. The normalized spacial score (nSPS) is 9.43. The van der Waals surface area contributed by atoms with Crippen molar-refractivity contribution >= 4 is 10.9 Å². The van der Waals surface area contributed by atoms with Gasteiger partial charge in [0.2, 0.25) is 0 Å². The minimum absolute atomic E-state index is 0.904. The summed E-state index contributed by atoms with van der Waals surface area (Å²) in [5, 5.41) is 1.20. The number of nitrogens with one attached hydrogen (secondary N) is 1. The summed E-state index contributed by atoms with van der Waals surface area (Å²) in [5.41, 5.74) is 2.34. The zero-order valence-corrected chi connectivity index (χ0v) is 9.22. The Morgan fingerprint density at radius 1 is 1.14 bits per heavy atom. The SMILES string of the molecule is CC.COc1ccc2[nH]c(C)cc2c1.